The molecule has 0 bridgehead atoms. The standard InChI is InChI=1S/C20H34N2O2.ClH/c1-19(2,3)15-11-14(12-16(18(15)24)20(4,5)6)17(13-23)22-9-7-21-8-10-22;/h11-12,17,21,23-24H,7-10,13H2,1-6H3;1H/t17-;/m0./s1. The monoisotopic (exact) mass is 370 g/mol. The number of rotatable bonds is 3. The molecule has 144 valence electrons. The van der Waals surface area contributed by atoms with E-state index in [1.807, 2.05) is 0 Å². The van der Waals surface area contributed by atoms with Gasteiger partial charge in [-0.3, -0.25) is 4.90 Å². The van der Waals surface area contributed by atoms with Crippen molar-refractivity contribution in [3.05, 3.63) is 28.8 Å². The predicted molar refractivity (Wildman–Crippen MR) is 107 cm³/mol. The van der Waals surface area contributed by atoms with Crippen molar-refractivity contribution in [3.8, 4) is 5.75 Å². The second-order valence-corrected chi connectivity index (χ2v) is 8.95. The molecule has 5 heteroatoms. The molecule has 0 radical (unpaired) electrons. The lowest BCUT2D eigenvalue weighted by Crippen LogP contribution is -2.46. The summed E-state index contributed by atoms with van der Waals surface area (Å²) in [5.74, 6) is 0.399. The average molecular weight is 371 g/mol. The summed E-state index contributed by atoms with van der Waals surface area (Å²) in [5.41, 5.74) is 2.72. The van der Waals surface area contributed by atoms with Gasteiger partial charge >= 0.3 is 0 Å². The maximum absolute atomic E-state index is 10.9. The largest absolute Gasteiger partial charge is 0.507 e. The lowest BCUT2D eigenvalue weighted by atomic mass is 9.77. The zero-order valence-electron chi connectivity index (χ0n) is 16.5. The van der Waals surface area contributed by atoms with Crippen LogP contribution in [0.1, 0.15) is 64.3 Å². The highest BCUT2D eigenvalue weighted by molar-refractivity contribution is 5.85. The van der Waals surface area contributed by atoms with Gasteiger partial charge in [-0.05, 0) is 39.7 Å². The van der Waals surface area contributed by atoms with Gasteiger partial charge in [0.1, 0.15) is 5.75 Å². The number of aliphatic hydroxyl groups excluding tert-OH is 1. The highest BCUT2D eigenvalue weighted by atomic mass is 35.5. The molecule has 0 aliphatic carbocycles. The molecule has 0 spiro atoms. The summed E-state index contributed by atoms with van der Waals surface area (Å²) in [6, 6.07) is 4.16. The number of halogens is 1. The number of hydrogen-bond donors (Lipinski definition) is 3. The van der Waals surface area contributed by atoms with Gasteiger partial charge in [0.15, 0.2) is 0 Å². The minimum absolute atomic E-state index is 0. The number of nitrogens with one attached hydrogen (secondary N) is 1. The first-order valence-corrected chi connectivity index (χ1v) is 8.99. The molecule has 1 aromatic carbocycles. The zero-order chi connectivity index (χ0) is 18.1. The van der Waals surface area contributed by atoms with Gasteiger partial charge in [0.25, 0.3) is 0 Å². The Morgan fingerprint density at radius 2 is 1.44 bits per heavy atom. The molecule has 1 aromatic rings. The average Bonchev–Trinajstić information content (AvgIpc) is 2.48. The van der Waals surface area contributed by atoms with E-state index in [-0.39, 0.29) is 35.9 Å². The van der Waals surface area contributed by atoms with Gasteiger partial charge in [0.2, 0.25) is 0 Å². The first kappa shape index (κ1) is 22.2. The van der Waals surface area contributed by atoms with E-state index < -0.39 is 0 Å². The van der Waals surface area contributed by atoms with Gasteiger partial charge in [-0.1, -0.05) is 41.5 Å². The molecule has 0 unspecified atom stereocenters. The molecule has 1 aliphatic rings. The number of piperazine rings is 1. The molecule has 4 nitrogen and oxygen atoms in total. The second-order valence-electron chi connectivity index (χ2n) is 8.95. The third-order valence-electron chi connectivity index (χ3n) is 4.90. The van der Waals surface area contributed by atoms with Crippen molar-refractivity contribution >= 4 is 12.4 Å². The van der Waals surface area contributed by atoms with Crippen molar-refractivity contribution in [3.63, 3.8) is 0 Å². The van der Waals surface area contributed by atoms with Gasteiger partial charge in [-0.15, -0.1) is 12.4 Å². The summed E-state index contributed by atoms with van der Waals surface area (Å²) >= 11 is 0. The van der Waals surface area contributed by atoms with Crippen LogP contribution in [0.5, 0.6) is 5.75 Å². The Morgan fingerprint density at radius 3 is 1.80 bits per heavy atom. The van der Waals surface area contributed by atoms with Crippen molar-refractivity contribution in [1.82, 2.24) is 10.2 Å². The van der Waals surface area contributed by atoms with Crippen LogP contribution in [0.25, 0.3) is 0 Å². The number of nitrogens with zero attached hydrogens (tertiary/aromatic N) is 1. The van der Waals surface area contributed by atoms with E-state index in [0.717, 1.165) is 42.9 Å². The van der Waals surface area contributed by atoms with Crippen LogP contribution < -0.4 is 5.32 Å². The minimum Gasteiger partial charge on any atom is -0.507 e. The molecule has 1 aliphatic heterocycles. The van der Waals surface area contributed by atoms with Crippen LogP contribution in [0.3, 0.4) is 0 Å². The first-order chi connectivity index (χ1) is 11.1. The smallest absolute Gasteiger partial charge is 0.123 e. The molecular formula is C20H35ClN2O2. The number of aliphatic hydroxyl groups is 1. The van der Waals surface area contributed by atoms with Crippen LogP contribution in [0.4, 0.5) is 0 Å². The lowest BCUT2D eigenvalue weighted by Gasteiger charge is -2.36. The first-order valence-electron chi connectivity index (χ1n) is 8.99. The van der Waals surface area contributed by atoms with Gasteiger partial charge in [0.05, 0.1) is 12.6 Å². The molecule has 1 saturated heterocycles. The Labute approximate surface area is 159 Å². The summed E-state index contributed by atoms with van der Waals surface area (Å²) in [6.07, 6.45) is 0. The predicted octanol–water partition coefficient (Wildman–Crippen LogP) is 3.35. The molecule has 1 heterocycles. The highest BCUT2D eigenvalue weighted by Crippen LogP contribution is 2.41. The van der Waals surface area contributed by atoms with Crippen molar-refractivity contribution < 1.29 is 10.2 Å². The van der Waals surface area contributed by atoms with Crippen LogP contribution in [0.2, 0.25) is 0 Å². The topological polar surface area (TPSA) is 55.7 Å². The number of hydrogen-bond acceptors (Lipinski definition) is 4. The second kappa shape index (κ2) is 8.26. The van der Waals surface area contributed by atoms with Crippen molar-refractivity contribution in [1.29, 1.82) is 0 Å². The van der Waals surface area contributed by atoms with E-state index >= 15 is 0 Å². The van der Waals surface area contributed by atoms with E-state index in [0.29, 0.717) is 5.75 Å². The molecule has 0 saturated carbocycles. The Bertz CT molecular complexity index is 535. The van der Waals surface area contributed by atoms with Crippen LogP contribution in [-0.4, -0.2) is 47.9 Å². The quantitative estimate of drug-likeness (QED) is 0.763. The van der Waals surface area contributed by atoms with Crippen molar-refractivity contribution in [2.75, 3.05) is 32.8 Å². The molecular weight excluding hydrogens is 336 g/mol. The Hall–Kier alpha value is -0.810. The molecule has 1 atom stereocenters. The fraction of sp³-hybridized carbons (Fsp3) is 0.700. The molecule has 0 amide bonds. The highest BCUT2D eigenvalue weighted by Gasteiger charge is 2.30. The number of benzene rings is 1. The van der Waals surface area contributed by atoms with Gasteiger partial charge in [-0.2, -0.15) is 0 Å². The number of phenols is 1. The van der Waals surface area contributed by atoms with Crippen LogP contribution in [0, 0.1) is 0 Å². The fourth-order valence-electron chi connectivity index (χ4n) is 3.42. The normalized spacial score (nSPS) is 17.9. The van der Waals surface area contributed by atoms with Gasteiger partial charge in [0, 0.05) is 26.2 Å². The Kier molecular flexibility index (Phi) is 7.34. The Balaban J connectivity index is 0.00000312. The van der Waals surface area contributed by atoms with E-state index in [9.17, 15) is 10.2 Å². The summed E-state index contributed by atoms with van der Waals surface area (Å²) in [6.45, 7) is 16.6. The molecule has 2 rings (SSSR count). The third kappa shape index (κ3) is 5.10. The fourth-order valence-corrected chi connectivity index (χ4v) is 3.42. The molecule has 25 heavy (non-hydrogen) atoms. The molecule has 3 N–H and O–H groups in total. The Morgan fingerprint density at radius 1 is 1.00 bits per heavy atom. The SMILES string of the molecule is CC(C)(C)c1cc([C@H](CO)N2CCNCC2)cc(C(C)(C)C)c1O.Cl. The van der Waals surface area contributed by atoms with Crippen LogP contribution in [-0.2, 0) is 10.8 Å². The van der Waals surface area contributed by atoms with Crippen molar-refractivity contribution in [2.24, 2.45) is 0 Å². The van der Waals surface area contributed by atoms with Crippen LogP contribution in [0.15, 0.2) is 12.1 Å². The summed E-state index contributed by atoms with van der Waals surface area (Å²) in [7, 11) is 0. The van der Waals surface area contributed by atoms with Crippen molar-refractivity contribution in [2.45, 2.75) is 58.4 Å². The maximum Gasteiger partial charge on any atom is 0.123 e. The van der Waals surface area contributed by atoms with E-state index in [4.69, 9.17) is 0 Å². The minimum atomic E-state index is -0.149. The summed E-state index contributed by atoms with van der Waals surface area (Å²) < 4.78 is 0. The van der Waals surface area contributed by atoms with Gasteiger partial charge < -0.3 is 15.5 Å². The number of aromatic hydroxyl groups is 1. The maximum atomic E-state index is 10.9. The van der Waals surface area contributed by atoms with E-state index in [1.165, 1.54) is 0 Å². The van der Waals surface area contributed by atoms with Gasteiger partial charge in [-0.25, -0.2) is 0 Å². The lowest BCUT2D eigenvalue weighted by molar-refractivity contribution is 0.110. The van der Waals surface area contributed by atoms with Crippen LogP contribution >= 0.6 is 12.4 Å². The number of phenolic OH excluding ortho intramolecular Hbond substituents is 1. The van der Waals surface area contributed by atoms with E-state index in [2.05, 4.69) is 63.9 Å². The van der Waals surface area contributed by atoms with E-state index in [1.54, 1.807) is 0 Å². The zero-order valence-corrected chi connectivity index (χ0v) is 17.3. The third-order valence-corrected chi connectivity index (χ3v) is 4.90. The molecule has 1 fully saturated rings. The molecule has 0 aromatic heterocycles. The summed E-state index contributed by atoms with van der Waals surface area (Å²) in [5, 5.41) is 24.3. The summed E-state index contributed by atoms with van der Waals surface area (Å²) in [4.78, 5) is 2.34.